The van der Waals surface area contributed by atoms with Crippen molar-refractivity contribution in [2.75, 3.05) is 5.32 Å². The molecule has 0 spiro atoms. The largest absolute Gasteiger partial charge is 0.333 e. The van der Waals surface area contributed by atoms with Crippen LogP contribution in [0.1, 0.15) is 25.8 Å². The van der Waals surface area contributed by atoms with Crippen LogP contribution >= 0.6 is 0 Å². The summed E-state index contributed by atoms with van der Waals surface area (Å²) in [6.45, 7) is 5.08. The van der Waals surface area contributed by atoms with E-state index in [-0.39, 0.29) is 11.3 Å². The van der Waals surface area contributed by atoms with Crippen molar-refractivity contribution >= 4 is 17.2 Å². The Hall–Kier alpha value is -2.88. The number of rotatable bonds is 6. The number of nitrogens with one attached hydrogen (secondary N) is 1. The number of nitrogens with zero attached hydrogens (tertiary/aromatic N) is 4. The molecule has 0 saturated carbocycles. The third-order valence-electron chi connectivity index (χ3n) is 3.16. The van der Waals surface area contributed by atoms with Crippen molar-refractivity contribution in [2.24, 2.45) is 5.92 Å². The summed E-state index contributed by atoms with van der Waals surface area (Å²) in [5, 5.41) is 27.2. The number of anilines is 2. The van der Waals surface area contributed by atoms with Gasteiger partial charge in [-0.1, -0.05) is 13.8 Å². The van der Waals surface area contributed by atoms with Crippen molar-refractivity contribution in [1.29, 1.82) is 5.26 Å². The van der Waals surface area contributed by atoms with Gasteiger partial charge in [0.15, 0.2) is 5.82 Å². The van der Waals surface area contributed by atoms with E-state index in [9.17, 15) is 10.1 Å². The lowest BCUT2D eigenvalue weighted by atomic mass is 10.1. The Morgan fingerprint density at radius 3 is 2.86 bits per heavy atom. The highest BCUT2D eigenvalue weighted by atomic mass is 16.6. The molecule has 0 aliphatic rings. The number of nitriles is 1. The summed E-state index contributed by atoms with van der Waals surface area (Å²) in [4.78, 5) is 10.6. The van der Waals surface area contributed by atoms with E-state index in [1.165, 1.54) is 18.2 Å². The molecular weight excluding hydrogens is 282 g/mol. The summed E-state index contributed by atoms with van der Waals surface area (Å²) in [5.41, 5.74) is 0.425. The summed E-state index contributed by atoms with van der Waals surface area (Å²) < 4.78 is 1.80. The zero-order valence-electron chi connectivity index (χ0n) is 12.5. The molecular formula is C15H17N5O2. The Morgan fingerprint density at radius 2 is 2.23 bits per heavy atom. The molecule has 2 aromatic rings. The molecule has 0 atom stereocenters. The average molecular weight is 299 g/mol. The van der Waals surface area contributed by atoms with Gasteiger partial charge in [-0.05, 0) is 24.5 Å². The molecule has 0 aliphatic carbocycles. The maximum absolute atomic E-state index is 11.1. The number of hydrogen-bond acceptors (Lipinski definition) is 5. The van der Waals surface area contributed by atoms with Crippen LogP contribution in [0.25, 0.3) is 0 Å². The first-order valence-corrected chi connectivity index (χ1v) is 6.98. The van der Waals surface area contributed by atoms with Crippen molar-refractivity contribution in [3.8, 4) is 6.07 Å². The standard InChI is InChI=1S/C15H17N5O2/c1-11(2)5-7-19-8-6-15(18-19)17-13-4-3-12(10-16)9-14(13)20(21)22/h3-4,6,8-9,11H,5,7H2,1-2H3,(H,17,18). The summed E-state index contributed by atoms with van der Waals surface area (Å²) in [6.07, 6.45) is 2.85. The van der Waals surface area contributed by atoms with E-state index < -0.39 is 4.92 Å². The normalized spacial score (nSPS) is 10.5. The van der Waals surface area contributed by atoms with Crippen molar-refractivity contribution in [1.82, 2.24) is 9.78 Å². The fraction of sp³-hybridized carbons (Fsp3) is 0.333. The molecule has 1 N–H and O–H groups in total. The van der Waals surface area contributed by atoms with Crippen LogP contribution < -0.4 is 5.32 Å². The Labute approximate surface area is 128 Å². The lowest BCUT2D eigenvalue weighted by molar-refractivity contribution is -0.383. The topological polar surface area (TPSA) is 96.8 Å². The van der Waals surface area contributed by atoms with Crippen LogP contribution in [-0.4, -0.2) is 14.7 Å². The lowest BCUT2D eigenvalue weighted by Gasteiger charge is -2.06. The minimum absolute atomic E-state index is 0.143. The van der Waals surface area contributed by atoms with Crippen LogP contribution in [0.5, 0.6) is 0 Å². The van der Waals surface area contributed by atoms with Crippen LogP contribution in [-0.2, 0) is 6.54 Å². The molecule has 1 heterocycles. The highest BCUT2D eigenvalue weighted by Gasteiger charge is 2.15. The predicted molar refractivity (Wildman–Crippen MR) is 82.8 cm³/mol. The monoisotopic (exact) mass is 299 g/mol. The summed E-state index contributed by atoms with van der Waals surface area (Å²) in [7, 11) is 0. The quantitative estimate of drug-likeness (QED) is 0.650. The third-order valence-corrected chi connectivity index (χ3v) is 3.16. The molecule has 0 bridgehead atoms. The first-order chi connectivity index (χ1) is 10.5. The van der Waals surface area contributed by atoms with Gasteiger partial charge in [-0.2, -0.15) is 10.4 Å². The van der Waals surface area contributed by atoms with Crippen molar-refractivity contribution in [3.05, 3.63) is 46.1 Å². The van der Waals surface area contributed by atoms with Crippen LogP contribution in [0.15, 0.2) is 30.5 Å². The molecule has 0 radical (unpaired) electrons. The average Bonchev–Trinajstić information content (AvgIpc) is 2.93. The van der Waals surface area contributed by atoms with Gasteiger partial charge in [-0.15, -0.1) is 0 Å². The number of aryl methyl sites for hydroxylation is 1. The molecule has 7 nitrogen and oxygen atoms in total. The Balaban J connectivity index is 2.17. The molecule has 22 heavy (non-hydrogen) atoms. The van der Waals surface area contributed by atoms with Gasteiger partial charge in [0.05, 0.1) is 16.6 Å². The second-order valence-electron chi connectivity index (χ2n) is 5.37. The molecule has 0 saturated heterocycles. The smallest absolute Gasteiger partial charge is 0.294 e. The van der Waals surface area contributed by atoms with Crippen molar-refractivity contribution < 1.29 is 4.92 Å². The van der Waals surface area contributed by atoms with Gasteiger partial charge in [0, 0.05) is 24.9 Å². The fourth-order valence-electron chi connectivity index (χ4n) is 1.94. The van der Waals surface area contributed by atoms with Crippen LogP contribution in [0, 0.1) is 27.4 Å². The van der Waals surface area contributed by atoms with E-state index in [1.807, 2.05) is 12.3 Å². The Kier molecular flexibility index (Phi) is 4.73. The number of benzene rings is 1. The van der Waals surface area contributed by atoms with E-state index in [1.54, 1.807) is 10.7 Å². The predicted octanol–water partition coefficient (Wildman–Crippen LogP) is 3.45. The number of nitro groups is 1. The van der Waals surface area contributed by atoms with Gasteiger partial charge in [0.1, 0.15) is 5.69 Å². The van der Waals surface area contributed by atoms with Crippen molar-refractivity contribution in [2.45, 2.75) is 26.8 Å². The van der Waals surface area contributed by atoms with Gasteiger partial charge in [0.25, 0.3) is 5.69 Å². The minimum Gasteiger partial charge on any atom is -0.333 e. The summed E-state index contributed by atoms with van der Waals surface area (Å²) in [6, 6.07) is 7.96. The lowest BCUT2D eigenvalue weighted by Crippen LogP contribution is -2.03. The van der Waals surface area contributed by atoms with Crippen molar-refractivity contribution in [3.63, 3.8) is 0 Å². The third kappa shape index (κ3) is 3.82. The van der Waals surface area contributed by atoms with E-state index in [4.69, 9.17) is 5.26 Å². The maximum Gasteiger partial charge on any atom is 0.294 e. The molecule has 0 aliphatic heterocycles. The number of aromatic nitrogens is 2. The van der Waals surface area contributed by atoms with E-state index >= 15 is 0 Å². The SMILES string of the molecule is CC(C)CCn1ccc(Nc2ccc(C#N)cc2[N+](=O)[O-])n1. The van der Waals surface area contributed by atoms with E-state index in [0.29, 0.717) is 17.4 Å². The highest BCUT2D eigenvalue weighted by Crippen LogP contribution is 2.27. The summed E-state index contributed by atoms with van der Waals surface area (Å²) >= 11 is 0. The molecule has 0 fully saturated rings. The minimum atomic E-state index is -0.515. The molecule has 114 valence electrons. The molecule has 7 heteroatoms. The molecule has 0 amide bonds. The zero-order valence-corrected chi connectivity index (χ0v) is 12.5. The first-order valence-electron chi connectivity index (χ1n) is 6.98. The van der Waals surface area contributed by atoms with Gasteiger partial charge >= 0.3 is 0 Å². The van der Waals surface area contributed by atoms with Crippen LogP contribution in [0.3, 0.4) is 0 Å². The molecule has 2 rings (SSSR count). The maximum atomic E-state index is 11.1. The van der Waals surface area contributed by atoms with E-state index in [2.05, 4.69) is 24.3 Å². The summed E-state index contributed by atoms with van der Waals surface area (Å²) in [5.74, 6) is 1.12. The molecule has 0 unspecified atom stereocenters. The zero-order chi connectivity index (χ0) is 16.1. The van der Waals surface area contributed by atoms with Gasteiger partial charge in [-0.3, -0.25) is 14.8 Å². The van der Waals surface area contributed by atoms with Gasteiger partial charge in [-0.25, -0.2) is 0 Å². The van der Waals surface area contributed by atoms with Crippen LogP contribution in [0.4, 0.5) is 17.2 Å². The Bertz CT molecular complexity index is 715. The molecule has 1 aromatic heterocycles. The van der Waals surface area contributed by atoms with E-state index in [0.717, 1.165) is 13.0 Å². The number of hydrogen-bond donors (Lipinski definition) is 1. The van der Waals surface area contributed by atoms with Crippen LogP contribution in [0.2, 0.25) is 0 Å². The highest BCUT2D eigenvalue weighted by molar-refractivity contribution is 5.69. The first kappa shape index (κ1) is 15.5. The second kappa shape index (κ2) is 6.72. The number of nitro benzene ring substituents is 1. The molecule has 1 aromatic carbocycles. The van der Waals surface area contributed by atoms with Gasteiger partial charge < -0.3 is 5.32 Å². The Morgan fingerprint density at radius 1 is 1.45 bits per heavy atom. The van der Waals surface area contributed by atoms with Gasteiger partial charge in [0.2, 0.25) is 0 Å². The second-order valence-corrected chi connectivity index (χ2v) is 5.37. The fourth-order valence-corrected chi connectivity index (χ4v) is 1.94.